The van der Waals surface area contributed by atoms with E-state index in [0.29, 0.717) is 25.6 Å². The predicted octanol–water partition coefficient (Wildman–Crippen LogP) is 1.74. The molecule has 1 aromatic rings. The lowest BCUT2D eigenvalue weighted by Gasteiger charge is -2.24. The van der Waals surface area contributed by atoms with E-state index in [9.17, 15) is 21.6 Å². The minimum atomic E-state index is -4.57. The summed E-state index contributed by atoms with van der Waals surface area (Å²) in [7, 11) is -3.97. The number of alkyl halides is 3. The van der Waals surface area contributed by atoms with E-state index in [1.807, 2.05) is 0 Å². The first-order valence-electron chi connectivity index (χ1n) is 6.04. The fourth-order valence-corrected chi connectivity index (χ4v) is 3.61. The van der Waals surface area contributed by atoms with Crippen molar-refractivity contribution in [2.75, 3.05) is 13.1 Å². The Kier molecular flexibility index (Phi) is 3.83. The maximum atomic E-state index is 12.6. The van der Waals surface area contributed by atoms with Crippen LogP contribution in [0.15, 0.2) is 29.2 Å². The van der Waals surface area contributed by atoms with Gasteiger partial charge in [-0.3, -0.25) is 0 Å². The molecule has 1 aliphatic rings. The van der Waals surface area contributed by atoms with Gasteiger partial charge in [-0.05, 0) is 38.1 Å². The van der Waals surface area contributed by atoms with Gasteiger partial charge < -0.3 is 5.32 Å². The zero-order valence-corrected chi connectivity index (χ0v) is 11.6. The Morgan fingerprint density at radius 3 is 2.60 bits per heavy atom. The van der Waals surface area contributed by atoms with Crippen molar-refractivity contribution in [3.05, 3.63) is 29.8 Å². The molecule has 1 aromatic carbocycles. The normalized spacial score (nSPS) is 24.0. The molecule has 2 N–H and O–H groups in total. The van der Waals surface area contributed by atoms with E-state index >= 15 is 0 Å². The first kappa shape index (κ1) is 15.3. The van der Waals surface area contributed by atoms with Gasteiger partial charge in [0.1, 0.15) is 0 Å². The molecule has 1 heterocycles. The van der Waals surface area contributed by atoms with E-state index in [1.165, 1.54) is 0 Å². The first-order valence-corrected chi connectivity index (χ1v) is 7.53. The van der Waals surface area contributed by atoms with Gasteiger partial charge in [0.2, 0.25) is 10.0 Å². The van der Waals surface area contributed by atoms with Crippen LogP contribution in [0, 0.1) is 0 Å². The van der Waals surface area contributed by atoms with Gasteiger partial charge in [-0.2, -0.15) is 13.2 Å². The summed E-state index contributed by atoms with van der Waals surface area (Å²) in [5.41, 5.74) is -1.65. The summed E-state index contributed by atoms with van der Waals surface area (Å²) in [5, 5.41) is 3.02. The SMILES string of the molecule is CC1(NS(=O)(=O)c2cccc(C(F)(F)F)c2)CCNC1. The molecule has 20 heavy (non-hydrogen) atoms. The van der Waals surface area contributed by atoms with Crippen molar-refractivity contribution >= 4 is 10.0 Å². The molecule has 8 heteroatoms. The van der Waals surface area contributed by atoms with Crippen molar-refractivity contribution < 1.29 is 21.6 Å². The molecule has 1 aliphatic heterocycles. The lowest BCUT2D eigenvalue weighted by Crippen LogP contribution is -2.47. The van der Waals surface area contributed by atoms with Crippen molar-refractivity contribution in [2.45, 2.75) is 30.0 Å². The minimum absolute atomic E-state index is 0.375. The van der Waals surface area contributed by atoms with Gasteiger partial charge in [0.15, 0.2) is 0 Å². The lowest BCUT2D eigenvalue weighted by atomic mass is 10.0. The molecule has 1 atom stereocenters. The van der Waals surface area contributed by atoms with E-state index in [2.05, 4.69) is 10.0 Å². The van der Waals surface area contributed by atoms with E-state index in [1.54, 1.807) is 6.92 Å². The van der Waals surface area contributed by atoms with E-state index in [0.717, 1.165) is 18.2 Å². The van der Waals surface area contributed by atoms with Gasteiger partial charge in [-0.15, -0.1) is 0 Å². The highest BCUT2D eigenvalue weighted by atomic mass is 32.2. The van der Waals surface area contributed by atoms with E-state index < -0.39 is 27.3 Å². The second-order valence-corrected chi connectivity index (χ2v) is 6.80. The molecule has 0 aliphatic carbocycles. The highest BCUT2D eigenvalue weighted by Crippen LogP contribution is 2.30. The highest BCUT2D eigenvalue weighted by molar-refractivity contribution is 7.89. The van der Waals surface area contributed by atoms with Crippen LogP contribution in [0.2, 0.25) is 0 Å². The van der Waals surface area contributed by atoms with Crippen LogP contribution < -0.4 is 10.0 Å². The van der Waals surface area contributed by atoms with Gasteiger partial charge >= 0.3 is 6.18 Å². The number of hydrogen-bond acceptors (Lipinski definition) is 3. The predicted molar refractivity (Wildman–Crippen MR) is 67.7 cm³/mol. The molecule has 1 saturated heterocycles. The first-order chi connectivity index (χ1) is 9.12. The Morgan fingerprint density at radius 2 is 2.05 bits per heavy atom. The molecule has 0 bridgehead atoms. The molecule has 0 spiro atoms. The summed E-state index contributed by atoms with van der Waals surface area (Å²) in [6.45, 7) is 2.84. The molecule has 2 rings (SSSR count). The largest absolute Gasteiger partial charge is 0.416 e. The summed E-state index contributed by atoms with van der Waals surface area (Å²) in [6.07, 6.45) is -3.98. The lowest BCUT2D eigenvalue weighted by molar-refractivity contribution is -0.137. The van der Waals surface area contributed by atoms with Gasteiger partial charge in [-0.1, -0.05) is 6.07 Å². The Hall–Kier alpha value is -1.12. The third kappa shape index (κ3) is 3.31. The van der Waals surface area contributed by atoms with Crippen molar-refractivity contribution in [3.63, 3.8) is 0 Å². The molecule has 4 nitrogen and oxygen atoms in total. The third-order valence-corrected chi connectivity index (χ3v) is 4.86. The third-order valence-electron chi connectivity index (χ3n) is 3.22. The Balaban J connectivity index is 2.30. The van der Waals surface area contributed by atoms with Crippen molar-refractivity contribution in [3.8, 4) is 0 Å². The number of rotatable bonds is 3. The van der Waals surface area contributed by atoms with Gasteiger partial charge in [0.25, 0.3) is 0 Å². The van der Waals surface area contributed by atoms with Crippen molar-refractivity contribution in [1.29, 1.82) is 0 Å². The number of sulfonamides is 1. The quantitative estimate of drug-likeness (QED) is 0.894. The van der Waals surface area contributed by atoms with Crippen LogP contribution in [0.5, 0.6) is 0 Å². The Morgan fingerprint density at radius 1 is 1.35 bits per heavy atom. The van der Waals surface area contributed by atoms with Crippen LogP contribution in [0.1, 0.15) is 18.9 Å². The number of nitrogens with one attached hydrogen (secondary N) is 2. The Labute approximate surface area is 115 Å². The second kappa shape index (κ2) is 5.01. The zero-order chi connectivity index (χ0) is 15.0. The van der Waals surface area contributed by atoms with Gasteiger partial charge in [-0.25, -0.2) is 13.1 Å². The fraction of sp³-hybridized carbons (Fsp3) is 0.500. The zero-order valence-electron chi connectivity index (χ0n) is 10.8. The average Bonchev–Trinajstić information content (AvgIpc) is 2.74. The van der Waals surface area contributed by atoms with Gasteiger partial charge in [0, 0.05) is 12.1 Å². The summed E-state index contributed by atoms with van der Waals surface area (Å²) < 4.78 is 64.6. The number of benzene rings is 1. The second-order valence-electron chi connectivity index (χ2n) is 5.12. The molecule has 0 radical (unpaired) electrons. The van der Waals surface area contributed by atoms with Crippen LogP contribution in [0.4, 0.5) is 13.2 Å². The monoisotopic (exact) mass is 308 g/mol. The van der Waals surface area contributed by atoms with Crippen molar-refractivity contribution in [2.24, 2.45) is 0 Å². The molecule has 1 unspecified atom stereocenters. The molecular weight excluding hydrogens is 293 g/mol. The summed E-state index contributed by atoms with van der Waals surface area (Å²) in [6, 6.07) is 3.74. The van der Waals surface area contributed by atoms with Crippen LogP contribution in [0.25, 0.3) is 0 Å². The van der Waals surface area contributed by atoms with Gasteiger partial charge in [0.05, 0.1) is 10.5 Å². The number of hydrogen-bond donors (Lipinski definition) is 2. The maximum Gasteiger partial charge on any atom is 0.416 e. The standard InChI is InChI=1S/C12H15F3N2O2S/c1-11(5-6-16-8-11)17-20(18,19)10-4-2-3-9(7-10)12(13,14)15/h2-4,7,16-17H,5-6,8H2,1H3. The van der Waals surface area contributed by atoms with Crippen LogP contribution >= 0.6 is 0 Å². The summed E-state index contributed by atoms with van der Waals surface area (Å²) in [4.78, 5) is -0.375. The molecule has 0 amide bonds. The van der Waals surface area contributed by atoms with E-state index in [4.69, 9.17) is 0 Å². The smallest absolute Gasteiger partial charge is 0.315 e. The topological polar surface area (TPSA) is 58.2 Å². The van der Waals surface area contributed by atoms with Crippen molar-refractivity contribution in [1.82, 2.24) is 10.0 Å². The van der Waals surface area contributed by atoms with E-state index in [-0.39, 0.29) is 4.90 Å². The molecular formula is C12H15F3N2O2S. The fourth-order valence-electron chi connectivity index (χ4n) is 2.13. The molecule has 112 valence electrons. The molecule has 0 aromatic heterocycles. The van der Waals surface area contributed by atoms with Crippen LogP contribution in [0.3, 0.4) is 0 Å². The average molecular weight is 308 g/mol. The summed E-state index contributed by atoms with van der Waals surface area (Å²) >= 11 is 0. The molecule has 1 fully saturated rings. The maximum absolute atomic E-state index is 12.6. The van der Waals surface area contributed by atoms with Crippen LogP contribution in [-0.2, 0) is 16.2 Å². The molecule has 0 saturated carbocycles. The summed E-state index contributed by atoms with van der Waals surface area (Å²) in [5.74, 6) is 0. The Bertz CT molecular complexity index is 593. The van der Waals surface area contributed by atoms with Crippen LogP contribution in [-0.4, -0.2) is 27.0 Å². The minimum Gasteiger partial charge on any atom is -0.315 e. The highest BCUT2D eigenvalue weighted by Gasteiger charge is 2.35. The number of halogens is 3.